The van der Waals surface area contributed by atoms with E-state index in [-0.39, 0.29) is 22.4 Å². The number of benzene rings is 3. The SMILES string of the molecule is CC(C)(C)CCOc1ccc(NC(=O)c2cc3ccccc3c(N)c2O)cc1. The number of carbonyl (C=O) groups excluding carboxylic acids is 1. The molecule has 0 spiro atoms. The van der Waals surface area contributed by atoms with Gasteiger partial charge < -0.3 is 20.9 Å². The standard InChI is InChI=1S/C23H26N2O3/c1-23(2,3)12-13-28-17-10-8-16(9-11-17)25-22(27)19-14-15-6-4-5-7-18(15)20(24)21(19)26/h4-11,14,26H,12-13,24H2,1-3H3,(H,25,27). The van der Waals surface area contributed by atoms with Gasteiger partial charge in [-0.3, -0.25) is 4.79 Å². The average Bonchev–Trinajstić information content (AvgIpc) is 2.65. The Morgan fingerprint density at radius 1 is 1.11 bits per heavy atom. The second-order valence-electron chi connectivity index (χ2n) is 8.05. The second kappa shape index (κ2) is 7.80. The van der Waals surface area contributed by atoms with Gasteiger partial charge in [-0.25, -0.2) is 0 Å². The van der Waals surface area contributed by atoms with E-state index in [2.05, 4.69) is 26.1 Å². The number of aromatic hydroxyl groups is 1. The number of anilines is 2. The Hall–Kier alpha value is -3.21. The van der Waals surface area contributed by atoms with Gasteiger partial charge in [-0.1, -0.05) is 45.0 Å². The van der Waals surface area contributed by atoms with Gasteiger partial charge in [0.25, 0.3) is 5.91 Å². The van der Waals surface area contributed by atoms with Crippen LogP contribution in [-0.4, -0.2) is 17.6 Å². The van der Waals surface area contributed by atoms with Crippen molar-refractivity contribution in [3.63, 3.8) is 0 Å². The smallest absolute Gasteiger partial charge is 0.259 e. The van der Waals surface area contributed by atoms with E-state index < -0.39 is 5.91 Å². The third kappa shape index (κ3) is 4.55. The number of nitrogens with two attached hydrogens (primary N) is 1. The largest absolute Gasteiger partial charge is 0.505 e. The third-order valence-corrected chi connectivity index (χ3v) is 4.54. The number of phenols is 1. The zero-order chi connectivity index (χ0) is 20.3. The summed E-state index contributed by atoms with van der Waals surface area (Å²) in [5.41, 5.74) is 7.17. The first-order valence-electron chi connectivity index (χ1n) is 9.29. The molecule has 28 heavy (non-hydrogen) atoms. The first kappa shape index (κ1) is 19.5. The molecular weight excluding hydrogens is 352 g/mol. The zero-order valence-corrected chi connectivity index (χ0v) is 16.5. The summed E-state index contributed by atoms with van der Waals surface area (Å²) in [6.07, 6.45) is 0.953. The van der Waals surface area contributed by atoms with Crippen LogP contribution in [0.4, 0.5) is 11.4 Å². The van der Waals surface area contributed by atoms with E-state index in [0.29, 0.717) is 17.7 Å². The van der Waals surface area contributed by atoms with Gasteiger partial charge >= 0.3 is 0 Å². The van der Waals surface area contributed by atoms with Crippen LogP contribution in [0, 0.1) is 5.41 Å². The maximum atomic E-state index is 12.6. The van der Waals surface area contributed by atoms with E-state index in [1.54, 1.807) is 18.2 Å². The topological polar surface area (TPSA) is 84.6 Å². The first-order chi connectivity index (χ1) is 13.2. The van der Waals surface area contributed by atoms with Crippen molar-refractivity contribution in [2.75, 3.05) is 17.7 Å². The molecule has 146 valence electrons. The fraction of sp³-hybridized carbons (Fsp3) is 0.261. The molecule has 0 radical (unpaired) electrons. The van der Waals surface area contributed by atoms with Crippen LogP contribution in [-0.2, 0) is 0 Å². The van der Waals surface area contributed by atoms with Gasteiger partial charge in [0.15, 0.2) is 5.75 Å². The minimum atomic E-state index is -0.420. The van der Waals surface area contributed by atoms with E-state index >= 15 is 0 Å². The molecule has 0 aliphatic carbocycles. The predicted octanol–water partition coefficient (Wildman–Crippen LogP) is 5.19. The number of nitrogen functional groups attached to an aromatic ring is 1. The summed E-state index contributed by atoms with van der Waals surface area (Å²) in [5.74, 6) is 0.120. The summed E-state index contributed by atoms with van der Waals surface area (Å²) in [4.78, 5) is 12.6. The molecule has 0 saturated heterocycles. The lowest BCUT2D eigenvalue weighted by Crippen LogP contribution is -2.13. The number of fused-ring (bicyclic) bond motifs is 1. The van der Waals surface area contributed by atoms with E-state index in [1.807, 2.05) is 36.4 Å². The van der Waals surface area contributed by atoms with Crippen LogP contribution in [0.2, 0.25) is 0 Å². The molecule has 4 N–H and O–H groups in total. The molecule has 3 aromatic rings. The number of carbonyl (C=O) groups is 1. The van der Waals surface area contributed by atoms with E-state index in [0.717, 1.165) is 17.6 Å². The van der Waals surface area contributed by atoms with E-state index in [1.165, 1.54) is 0 Å². The number of rotatable bonds is 5. The molecule has 3 aromatic carbocycles. The molecule has 0 fully saturated rings. The molecule has 5 heteroatoms. The van der Waals surface area contributed by atoms with Gasteiger partial charge in [0.2, 0.25) is 0 Å². The van der Waals surface area contributed by atoms with Crippen molar-refractivity contribution < 1.29 is 14.6 Å². The van der Waals surface area contributed by atoms with Crippen molar-refractivity contribution in [1.82, 2.24) is 0 Å². The minimum Gasteiger partial charge on any atom is -0.505 e. The number of hydrogen-bond acceptors (Lipinski definition) is 4. The molecule has 5 nitrogen and oxygen atoms in total. The van der Waals surface area contributed by atoms with Crippen LogP contribution in [0.1, 0.15) is 37.6 Å². The number of hydrogen-bond donors (Lipinski definition) is 3. The van der Waals surface area contributed by atoms with Gasteiger partial charge in [-0.05, 0) is 47.6 Å². The lowest BCUT2D eigenvalue weighted by molar-refractivity contribution is 0.102. The number of phenolic OH excluding ortho intramolecular Hbond substituents is 1. The summed E-state index contributed by atoms with van der Waals surface area (Å²) in [6, 6.07) is 16.2. The third-order valence-electron chi connectivity index (χ3n) is 4.54. The van der Waals surface area contributed by atoms with Gasteiger partial charge in [-0.2, -0.15) is 0 Å². The van der Waals surface area contributed by atoms with Crippen LogP contribution in [0.3, 0.4) is 0 Å². The Labute approximate surface area is 165 Å². The monoisotopic (exact) mass is 378 g/mol. The van der Waals surface area contributed by atoms with Gasteiger partial charge in [0, 0.05) is 11.1 Å². The van der Waals surface area contributed by atoms with E-state index in [4.69, 9.17) is 10.5 Å². The molecule has 3 rings (SSSR count). The maximum Gasteiger partial charge on any atom is 0.259 e. The molecule has 0 heterocycles. The van der Waals surface area contributed by atoms with Gasteiger partial charge in [0.05, 0.1) is 17.9 Å². The predicted molar refractivity (Wildman–Crippen MR) is 114 cm³/mol. The van der Waals surface area contributed by atoms with Crippen LogP contribution >= 0.6 is 0 Å². The van der Waals surface area contributed by atoms with Crippen molar-refractivity contribution in [2.45, 2.75) is 27.2 Å². The molecular formula is C23H26N2O3. The Bertz CT molecular complexity index is 989. The molecule has 0 bridgehead atoms. The normalized spacial score (nSPS) is 11.4. The van der Waals surface area contributed by atoms with Gasteiger partial charge in [0.1, 0.15) is 5.75 Å². The number of nitrogens with one attached hydrogen (secondary N) is 1. The Kier molecular flexibility index (Phi) is 5.45. The van der Waals surface area contributed by atoms with Crippen LogP contribution in [0.15, 0.2) is 54.6 Å². The van der Waals surface area contributed by atoms with Crippen LogP contribution in [0.25, 0.3) is 10.8 Å². The molecule has 0 atom stereocenters. The quantitative estimate of drug-likeness (QED) is 0.421. The number of ether oxygens (including phenoxy) is 1. The lowest BCUT2D eigenvalue weighted by atomic mass is 9.93. The fourth-order valence-electron chi connectivity index (χ4n) is 2.85. The first-order valence-corrected chi connectivity index (χ1v) is 9.29. The van der Waals surface area contributed by atoms with Crippen molar-refractivity contribution in [3.05, 3.63) is 60.2 Å². The summed E-state index contributed by atoms with van der Waals surface area (Å²) in [5, 5.41) is 14.6. The van der Waals surface area contributed by atoms with Crippen molar-refractivity contribution in [1.29, 1.82) is 0 Å². The van der Waals surface area contributed by atoms with Crippen molar-refractivity contribution in [3.8, 4) is 11.5 Å². The van der Waals surface area contributed by atoms with Crippen molar-refractivity contribution in [2.24, 2.45) is 5.41 Å². The maximum absolute atomic E-state index is 12.6. The minimum absolute atomic E-state index is 0.140. The Morgan fingerprint density at radius 2 is 1.79 bits per heavy atom. The summed E-state index contributed by atoms with van der Waals surface area (Å²) in [6.45, 7) is 7.15. The highest BCUT2D eigenvalue weighted by molar-refractivity contribution is 6.11. The van der Waals surface area contributed by atoms with E-state index in [9.17, 15) is 9.90 Å². The fourth-order valence-corrected chi connectivity index (χ4v) is 2.85. The van der Waals surface area contributed by atoms with Gasteiger partial charge in [-0.15, -0.1) is 0 Å². The summed E-state index contributed by atoms with van der Waals surface area (Å²) >= 11 is 0. The molecule has 0 aliphatic heterocycles. The molecule has 0 aliphatic rings. The second-order valence-corrected chi connectivity index (χ2v) is 8.05. The molecule has 0 aromatic heterocycles. The molecule has 1 amide bonds. The molecule has 0 saturated carbocycles. The highest BCUT2D eigenvalue weighted by atomic mass is 16.5. The highest BCUT2D eigenvalue weighted by Gasteiger charge is 2.16. The van der Waals surface area contributed by atoms with Crippen LogP contribution < -0.4 is 15.8 Å². The Balaban J connectivity index is 1.71. The molecule has 0 unspecified atom stereocenters. The summed E-state index contributed by atoms with van der Waals surface area (Å²) < 4.78 is 5.74. The Morgan fingerprint density at radius 3 is 2.46 bits per heavy atom. The number of amides is 1. The highest BCUT2D eigenvalue weighted by Crippen LogP contribution is 2.34. The van der Waals surface area contributed by atoms with Crippen molar-refractivity contribution >= 4 is 28.1 Å². The zero-order valence-electron chi connectivity index (χ0n) is 16.5. The van der Waals surface area contributed by atoms with Crippen LogP contribution in [0.5, 0.6) is 11.5 Å². The lowest BCUT2D eigenvalue weighted by Gasteiger charge is -2.18. The summed E-state index contributed by atoms with van der Waals surface area (Å²) in [7, 11) is 0. The average molecular weight is 378 g/mol.